The van der Waals surface area contributed by atoms with Gasteiger partial charge in [0, 0.05) is 0 Å². The number of hydrogen-bond donors (Lipinski definition) is 0. The van der Waals surface area contributed by atoms with Crippen molar-refractivity contribution < 1.29 is 13.2 Å². The van der Waals surface area contributed by atoms with Crippen molar-refractivity contribution >= 4 is 0 Å². The van der Waals surface area contributed by atoms with Gasteiger partial charge in [0.25, 0.3) is 0 Å². The van der Waals surface area contributed by atoms with Gasteiger partial charge in [0.1, 0.15) is 0 Å². The Morgan fingerprint density at radius 2 is 1.45 bits per heavy atom. The van der Waals surface area contributed by atoms with Crippen LogP contribution >= 0.6 is 0 Å². The molecule has 0 amide bonds. The lowest BCUT2D eigenvalue weighted by Crippen LogP contribution is -2.03. The van der Waals surface area contributed by atoms with Crippen LogP contribution in [0.15, 0.2) is 24.3 Å². The largest absolute Gasteiger partial charge is 0.416 e. The summed E-state index contributed by atoms with van der Waals surface area (Å²) in [5.74, 6) is 0. The summed E-state index contributed by atoms with van der Waals surface area (Å²) in [6.07, 6.45) is -4.27. The lowest BCUT2D eigenvalue weighted by molar-refractivity contribution is -0.137. The molecule has 0 saturated carbocycles. The topological polar surface area (TPSA) is 0 Å². The quantitative estimate of drug-likeness (QED) is 0.544. The van der Waals surface area contributed by atoms with Crippen LogP contribution in [0.1, 0.15) is 11.1 Å². The summed E-state index contributed by atoms with van der Waals surface area (Å²) >= 11 is 0. The SMILES string of the molecule is [CH]c1ccc(C(F)(F)F)cc1. The van der Waals surface area contributed by atoms with Crippen molar-refractivity contribution in [2.45, 2.75) is 6.18 Å². The maximum atomic E-state index is 11.9. The molecule has 0 nitrogen and oxygen atoms in total. The van der Waals surface area contributed by atoms with Crippen molar-refractivity contribution in [1.82, 2.24) is 0 Å². The molecule has 58 valence electrons. The summed E-state index contributed by atoms with van der Waals surface area (Å²) in [5.41, 5.74) is -0.343. The Morgan fingerprint density at radius 1 is 1.00 bits per heavy atom. The second-order valence-electron chi connectivity index (χ2n) is 2.12. The molecule has 1 aromatic rings. The predicted molar refractivity (Wildman–Crippen MR) is 34.8 cm³/mol. The molecule has 0 aliphatic heterocycles. The van der Waals surface area contributed by atoms with Crippen molar-refractivity contribution in [3.8, 4) is 0 Å². The monoisotopic (exact) mass is 158 g/mol. The minimum Gasteiger partial charge on any atom is -0.166 e. The standard InChI is InChI=1S/C8H5F3/c1-6-2-4-7(5-3-6)8(9,10)11/h1-5H. The van der Waals surface area contributed by atoms with Crippen molar-refractivity contribution in [3.63, 3.8) is 0 Å². The fraction of sp³-hybridized carbons (Fsp3) is 0.125. The molecule has 0 aliphatic carbocycles. The summed E-state index contributed by atoms with van der Waals surface area (Å²) in [6.45, 7) is 5.20. The second-order valence-corrected chi connectivity index (χ2v) is 2.12. The van der Waals surface area contributed by atoms with Crippen LogP contribution in [0.25, 0.3) is 0 Å². The van der Waals surface area contributed by atoms with Gasteiger partial charge in [-0.1, -0.05) is 12.1 Å². The summed E-state index contributed by atoms with van der Waals surface area (Å²) in [6, 6.07) is 4.36. The van der Waals surface area contributed by atoms with Crippen LogP contribution in [-0.4, -0.2) is 0 Å². The molecule has 0 aliphatic rings. The average Bonchev–Trinajstić information content (AvgIpc) is 1.86. The van der Waals surface area contributed by atoms with Gasteiger partial charge in [-0.3, -0.25) is 0 Å². The molecule has 0 unspecified atom stereocenters. The molecule has 1 rings (SSSR count). The zero-order valence-electron chi connectivity index (χ0n) is 5.52. The lowest BCUT2D eigenvalue weighted by atomic mass is 10.1. The third kappa shape index (κ3) is 1.97. The summed E-state index contributed by atoms with van der Waals surface area (Å²) < 4.78 is 35.6. The Bertz CT molecular complexity index is 233. The van der Waals surface area contributed by atoms with Gasteiger partial charge in [-0.25, -0.2) is 0 Å². The third-order valence-corrected chi connectivity index (χ3v) is 1.24. The van der Waals surface area contributed by atoms with E-state index in [1.807, 2.05) is 0 Å². The van der Waals surface area contributed by atoms with Crippen LogP contribution in [0.4, 0.5) is 13.2 Å². The molecule has 11 heavy (non-hydrogen) atoms. The summed E-state index contributed by atoms with van der Waals surface area (Å²) in [4.78, 5) is 0. The van der Waals surface area contributed by atoms with Gasteiger partial charge in [0.15, 0.2) is 0 Å². The first-order valence-electron chi connectivity index (χ1n) is 2.93. The molecule has 0 bridgehead atoms. The highest BCUT2D eigenvalue weighted by molar-refractivity contribution is 5.25. The van der Waals surface area contributed by atoms with Crippen LogP contribution < -0.4 is 0 Å². The normalized spacial score (nSPS) is 11.6. The van der Waals surface area contributed by atoms with Crippen molar-refractivity contribution in [2.75, 3.05) is 0 Å². The Kier molecular flexibility index (Phi) is 1.89. The first-order valence-corrected chi connectivity index (χ1v) is 2.93. The average molecular weight is 158 g/mol. The van der Waals surface area contributed by atoms with Gasteiger partial charge in [-0.2, -0.15) is 13.2 Å². The minimum absolute atomic E-state index is 0.331. The molecule has 0 atom stereocenters. The number of benzene rings is 1. The fourth-order valence-corrected chi connectivity index (χ4v) is 0.672. The van der Waals surface area contributed by atoms with Gasteiger partial charge in [0.05, 0.1) is 5.56 Å². The van der Waals surface area contributed by atoms with E-state index in [0.29, 0.717) is 5.56 Å². The first-order chi connectivity index (χ1) is 5.00. The number of alkyl halides is 3. The van der Waals surface area contributed by atoms with Crippen molar-refractivity contribution in [1.29, 1.82) is 0 Å². The van der Waals surface area contributed by atoms with E-state index in [9.17, 15) is 13.2 Å². The summed E-state index contributed by atoms with van der Waals surface area (Å²) in [5, 5.41) is 0. The van der Waals surface area contributed by atoms with Gasteiger partial charge < -0.3 is 0 Å². The van der Waals surface area contributed by atoms with Crippen LogP contribution in [0.2, 0.25) is 0 Å². The van der Waals surface area contributed by atoms with E-state index in [-0.39, 0.29) is 0 Å². The lowest BCUT2D eigenvalue weighted by Gasteiger charge is -2.05. The smallest absolute Gasteiger partial charge is 0.166 e. The summed E-state index contributed by atoms with van der Waals surface area (Å²) in [7, 11) is 0. The predicted octanol–water partition coefficient (Wildman–Crippen LogP) is 2.76. The molecule has 2 radical (unpaired) electrons. The minimum atomic E-state index is -4.27. The van der Waals surface area contributed by atoms with Gasteiger partial charge in [-0.15, -0.1) is 0 Å². The zero-order chi connectivity index (χ0) is 8.48. The second kappa shape index (κ2) is 2.57. The molecule has 0 N–H and O–H groups in total. The van der Waals surface area contributed by atoms with Gasteiger partial charge in [0.2, 0.25) is 0 Å². The van der Waals surface area contributed by atoms with Crippen LogP contribution in [0, 0.1) is 6.92 Å². The maximum Gasteiger partial charge on any atom is 0.416 e. The van der Waals surface area contributed by atoms with Crippen LogP contribution in [0.3, 0.4) is 0 Å². The van der Waals surface area contributed by atoms with E-state index in [1.54, 1.807) is 0 Å². The molecule has 0 fully saturated rings. The molecule has 0 aromatic heterocycles. The van der Waals surface area contributed by atoms with E-state index >= 15 is 0 Å². The molecule has 1 aromatic carbocycles. The molecular weight excluding hydrogens is 153 g/mol. The highest BCUT2D eigenvalue weighted by Crippen LogP contribution is 2.28. The van der Waals surface area contributed by atoms with E-state index < -0.39 is 11.7 Å². The van der Waals surface area contributed by atoms with E-state index in [0.717, 1.165) is 12.1 Å². The molecule has 3 heteroatoms. The maximum absolute atomic E-state index is 11.9. The van der Waals surface area contributed by atoms with Crippen LogP contribution in [0.5, 0.6) is 0 Å². The first kappa shape index (κ1) is 8.11. The third-order valence-electron chi connectivity index (χ3n) is 1.24. The molecule has 0 heterocycles. The number of hydrogen-bond acceptors (Lipinski definition) is 0. The molecule has 0 spiro atoms. The van der Waals surface area contributed by atoms with Crippen LogP contribution in [-0.2, 0) is 6.18 Å². The zero-order valence-corrected chi connectivity index (χ0v) is 5.52. The van der Waals surface area contributed by atoms with E-state index in [4.69, 9.17) is 6.92 Å². The Hall–Kier alpha value is -0.990. The van der Waals surface area contributed by atoms with Gasteiger partial charge in [-0.05, 0) is 24.6 Å². The number of rotatable bonds is 0. The van der Waals surface area contributed by atoms with Gasteiger partial charge >= 0.3 is 6.18 Å². The molecular formula is C8H5F3. The fourth-order valence-electron chi connectivity index (χ4n) is 0.672. The Labute approximate surface area is 62.7 Å². The van der Waals surface area contributed by atoms with Crippen molar-refractivity contribution in [3.05, 3.63) is 42.3 Å². The highest BCUT2D eigenvalue weighted by atomic mass is 19.4. The highest BCUT2D eigenvalue weighted by Gasteiger charge is 2.29. The Morgan fingerprint density at radius 3 is 1.82 bits per heavy atom. The molecule has 0 saturated heterocycles. The number of halogens is 3. The van der Waals surface area contributed by atoms with E-state index in [1.165, 1.54) is 12.1 Å². The van der Waals surface area contributed by atoms with Crippen molar-refractivity contribution in [2.24, 2.45) is 0 Å². The Balaban J connectivity index is 2.99. The van der Waals surface area contributed by atoms with E-state index in [2.05, 4.69) is 0 Å².